The zero-order chi connectivity index (χ0) is 23.6. The van der Waals surface area contributed by atoms with Crippen LogP contribution < -0.4 is 9.62 Å². The van der Waals surface area contributed by atoms with Crippen LogP contribution in [-0.2, 0) is 10.0 Å². The number of nitro groups is 1. The number of nitrogens with zero attached hydrogens (tertiary/aromatic N) is 4. The fraction of sp³-hybridized carbons (Fsp3) is 0.409. The van der Waals surface area contributed by atoms with Crippen molar-refractivity contribution in [1.82, 2.24) is 14.6 Å². The summed E-state index contributed by atoms with van der Waals surface area (Å²) < 4.78 is 33.5. The second-order valence-electron chi connectivity index (χ2n) is 8.39. The van der Waals surface area contributed by atoms with Crippen molar-refractivity contribution >= 4 is 32.5 Å². The highest BCUT2D eigenvalue weighted by atomic mass is 32.2. The first-order chi connectivity index (χ1) is 15.7. The van der Waals surface area contributed by atoms with E-state index in [4.69, 9.17) is 4.42 Å². The Kier molecular flexibility index (Phi) is 6.63. The SMILES string of the molecule is CN(C)CCNS(=O)(=O)c1ccc(N2CCC(c3nc4ccccc4o3)CC2)c([N+](=O)[O-])c1. The van der Waals surface area contributed by atoms with Gasteiger partial charge < -0.3 is 14.2 Å². The highest BCUT2D eigenvalue weighted by Gasteiger charge is 2.29. The summed E-state index contributed by atoms with van der Waals surface area (Å²) in [7, 11) is -0.168. The molecule has 4 rings (SSSR count). The number of fused-ring (bicyclic) bond motifs is 1. The fourth-order valence-corrected chi connectivity index (χ4v) is 5.04. The molecule has 0 radical (unpaired) electrons. The molecule has 11 heteroatoms. The minimum atomic E-state index is -3.84. The van der Waals surface area contributed by atoms with Gasteiger partial charge in [-0.1, -0.05) is 12.1 Å². The molecule has 1 N–H and O–H groups in total. The van der Waals surface area contributed by atoms with Crippen molar-refractivity contribution < 1.29 is 17.8 Å². The Morgan fingerprint density at radius 2 is 1.94 bits per heavy atom. The molecule has 176 valence electrons. The van der Waals surface area contributed by atoms with Crippen LogP contribution in [0.25, 0.3) is 11.1 Å². The number of hydrogen-bond donors (Lipinski definition) is 1. The van der Waals surface area contributed by atoms with Gasteiger partial charge in [-0.05, 0) is 51.2 Å². The van der Waals surface area contributed by atoms with Crippen LogP contribution in [0.15, 0.2) is 51.8 Å². The lowest BCUT2D eigenvalue weighted by atomic mass is 9.96. The molecule has 2 heterocycles. The maximum absolute atomic E-state index is 12.6. The Morgan fingerprint density at radius 1 is 1.21 bits per heavy atom. The molecule has 1 aromatic heterocycles. The zero-order valence-electron chi connectivity index (χ0n) is 18.6. The number of sulfonamides is 1. The molecule has 10 nitrogen and oxygen atoms in total. The van der Waals surface area contributed by atoms with Crippen molar-refractivity contribution in [3.05, 3.63) is 58.5 Å². The number of benzene rings is 2. The highest BCUT2D eigenvalue weighted by Crippen LogP contribution is 2.36. The lowest BCUT2D eigenvalue weighted by molar-refractivity contribution is -0.384. The standard InChI is InChI=1S/C22H27N5O5S/c1-25(2)14-11-23-33(30,31)17-7-8-19(20(15-17)27(28)29)26-12-9-16(10-13-26)22-24-18-5-3-4-6-21(18)32-22/h3-8,15-16,23H,9-14H2,1-2H3. The van der Waals surface area contributed by atoms with Crippen LogP contribution in [-0.4, -0.2) is 63.5 Å². The number of piperidine rings is 1. The number of rotatable bonds is 8. The molecule has 1 aliphatic rings. The first kappa shape index (κ1) is 23.1. The summed E-state index contributed by atoms with van der Waals surface area (Å²) in [5.74, 6) is 0.823. The predicted octanol–water partition coefficient (Wildman–Crippen LogP) is 2.96. The lowest BCUT2D eigenvalue weighted by Gasteiger charge is -2.32. The first-order valence-corrected chi connectivity index (χ1v) is 12.3. The largest absolute Gasteiger partial charge is 0.440 e. The third-order valence-electron chi connectivity index (χ3n) is 5.80. The van der Waals surface area contributed by atoms with Crippen molar-refractivity contribution in [3.8, 4) is 0 Å². The van der Waals surface area contributed by atoms with Crippen LogP contribution in [0.2, 0.25) is 0 Å². The molecular weight excluding hydrogens is 446 g/mol. The van der Waals surface area contributed by atoms with E-state index in [2.05, 4.69) is 9.71 Å². The third kappa shape index (κ3) is 5.15. The van der Waals surface area contributed by atoms with Gasteiger partial charge in [0.2, 0.25) is 10.0 Å². The quantitative estimate of drug-likeness (QED) is 0.391. The summed E-state index contributed by atoms with van der Waals surface area (Å²) in [6, 6.07) is 11.7. The van der Waals surface area contributed by atoms with E-state index in [0.717, 1.165) is 30.0 Å². The van der Waals surface area contributed by atoms with E-state index in [1.165, 1.54) is 12.1 Å². The number of nitro benzene ring substituents is 1. The van der Waals surface area contributed by atoms with Gasteiger partial charge in [0.25, 0.3) is 5.69 Å². The topological polar surface area (TPSA) is 122 Å². The van der Waals surface area contributed by atoms with E-state index in [0.29, 0.717) is 31.2 Å². The van der Waals surface area contributed by atoms with Crippen molar-refractivity contribution in [3.63, 3.8) is 0 Å². The van der Waals surface area contributed by atoms with E-state index >= 15 is 0 Å². The van der Waals surface area contributed by atoms with Crippen LogP contribution in [0.5, 0.6) is 0 Å². The van der Waals surface area contributed by atoms with Gasteiger partial charge >= 0.3 is 0 Å². The molecule has 0 saturated carbocycles. The molecule has 0 unspecified atom stereocenters. The third-order valence-corrected chi connectivity index (χ3v) is 7.26. The van der Waals surface area contributed by atoms with E-state index in [1.807, 2.05) is 48.2 Å². The average Bonchev–Trinajstić information content (AvgIpc) is 3.23. The van der Waals surface area contributed by atoms with Gasteiger partial charge in [0, 0.05) is 38.2 Å². The molecule has 33 heavy (non-hydrogen) atoms. The Morgan fingerprint density at radius 3 is 2.61 bits per heavy atom. The molecule has 1 fully saturated rings. The Labute approximate surface area is 192 Å². The molecule has 0 spiro atoms. The van der Waals surface area contributed by atoms with Crippen molar-refractivity contribution in [2.24, 2.45) is 0 Å². The zero-order valence-corrected chi connectivity index (χ0v) is 19.4. The van der Waals surface area contributed by atoms with Gasteiger partial charge in [-0.15, -0.1) is 0 Å². The Hall–Kier alpha value is -3.02. The number of aromatic nitrogens is 1. The summed E-state index contributed by atoms with van der Waals surface area (Å²) >= 11 is 0. The molecule has 0 bridgehead atoms. The van der Waals surface area contributed by atoms with Gasteiger partial charge in [-0.2, -0.15) is 0 Å². The number of oxazole rings is 1. The summed E-state index contributed by atoms with van der Waals surface area (Å²) in [6.45, 7) is 1.90. The molecule has 2 aromatic carbocycles. The molecule has 0 aliphatic carbocycles. The summed E-state index contributed by atoms with van der Waals surface area (Å²) in [6.07, 6.45) is 1.46. The Balaban J connectivity index is 1.49. The second-order valence-corrected chi connectivity index (χ2v) is 10.2. The van der Waals surface area contributed by atoms with Gasteiger partial charge in [0.1, 0.15) is 11.2 Å². The number of likely N-dealkylation sites (N-methyl/N-ethyl adjacent to an activating group) is 1. The van der Waals surface area contributed by atoms with Crippen molar-refractivity contribution in [2.75, 3.05) is 45.2 Å². The minimum Gasteiger partial charge on any atom is -0.440 e. The van der Waals surface area contributed by atoms with Crippen LogP contribution in [0, 0.1) is 10.1 Å². The van der Waals surface area contributed by atoms with E-state index < -0.39 is 14.9 Å². The van der Waals surface area contributed by atoms with Gasteiger partial charge in [0.15, 0.2) is 11.5 Å². The van der Waals surface area contributed by atoms with Crippen LogP contribution in [0.4, 0.5) is 11.4 Å². The number of hydrogen-bond acceptors (Lipinski definition) is 8. The van der Waals surface area contributed by atoms with Crippen LogP contribution in [0.3, 0.4) is 0 Å². The molecular formula is C22H27N5O5S. The Bertz CT molecular complexity index is 1220. The van der Waals surface area contributed by atoms with Gasteiger partial charge in [-0.3, -0.25) is 10.1 Å². The maximum atomic E-state index is 12.6. The fourth-order valence-electron chi connectivity index (χ4n) is 4.00. The number of anilines is 1. The second kappa shape index (κ2) is 9.46. The van der Waals surface area contributed by atoms with Gasteiger partial charge in [0.05, 0.1) is 9.82 Å². The van der Waals surface area contributed by atoms with Crippen LogP contribution >= 0.6 is 0 Å². The maximum Gasteiger partial charge on any atom is 0.293 e. The molecule has 0 amide bonds. The van der Waals surface area contributed by atoms with Crippen LogP contribution in [0.1, 0.15) is 24.7 Å². The predicted molar refractivity (Wildman–Crippen MR) is 125 cm³/mol. The summed E-state index contributed by atoms with van der Waals surface area (Å²) in [5, 5.41) is 11.8. The summed E-state index contributed by atoms with van der Waals surface area (Å²) in [5.41, 5.74) is 1.78. The average molecular weight is 474 g/mol. The van der Waals surface area contributed by atoms with Gasteiger partial charge in [-0.25, -0.2) is 18.1 Å². The normalized spacial score (nSPS) is 15.4. The molecule has 1 aliphatic heterocycles. The number of nitrogens with one attached hydrogen (secondary N) is 1. The highest BCUT2D eigenvalue weighted by molar-refractivity contribution is 7.89. The van der Waals surface area contributed by atoms with E-state index in [1.54, 1.807) is 0 Å². The first-order valence-electron chi connectivity index (χ1n) is 10.8. The smallest absolute Gasteiger partial charge is 0.293 e. The van der Waals surface area contributed by atoms with Crippen molar-refractivity contribution in [1.29, 1.82) is 0 Å². The molecule has 1 saturated heterocycles. The molecule has 3 aromatic rings. The molecule has 0 atom stereocenters. The lowest BCUT2D eigenvalue weighted by Crippen LogP contribution is -2.34. The van der Waals surface area contributed by atoms with E-state index in [9.17, 15) is 18.5 Å². The van der Waals surface area contributed by atoms with E-state index in [-0.39, 0.29) is 23.0 Å². The number of para-hydroxylation sites is 2. The minimum absolute atomic E-state index is 0.113. The monoisotopic (exact) mass is 473 g/mol. The summed E-state index contributed by atoms with van der Waals surface area (Å²) in [4.78, 5) is 19.5. The van der Waals surface area contributed by atoms with Crippen molar-refractivity contribution in [2.45, 2.75) is 23.7 Å².